The van der Waals surface area contributed by atoms with Gasteiger partial charge < -0.3 is 19.6 Å². The molecule has 6 nitrogen and oxygen atoms in total. The molecule has 3 aromatic rings. The average Bonchev–Trinajstić information content (AvgIpc) is 3.01. The van der Waals surface area contributed by atoms with Crippen LogP contribution in [0.15, 0.2) is 22.7 Å². The van der Waals surface area contributed by atoms with E-state index >= 15 is 0 Å². The van der Waals surface area contributed by atoms with E-state index in [1.807, 2.05) is 32.0 Å². The highest BCUT2D eigenvalue weighted by Crippen LogP contribution is 2.24. The minimum Gasteiger partial charge on any atom is -0.497 e. The smallest absolute Gasteiger partial charge is 0.138 e. The number of nitrogens with two attached hydrogens (primary N) is 1. The number of imidazole rings is 1. The highest BCUT2D eigenvalue weighted by molar-refractivity contribution is 5.78. The molecule has 0 spiro atoms. The molecule has 0 aliphatic carbocycles. The molecule has 2 N–H and O–H groups in total. The summed E-state index contributed by atoms with van der Waals surface area (Å²) in [4.78, 5) is 4.59. The number of hydrogen-bond acceptors (Lipinski definition) is 5. The molecule has 6 heteroatoms. The first-order valence-electron chi connectivity index (χ1n) is 6.79. The molecule has 21 heavy (non-hydrogen) atoms. The van der Waals surface area contributed by atoms with E-state index < -0.39 is 0 Å². The Kier molecular flexibility index (Phi) is 3.39. The van der Waals surface area contributed by atoms with Gasteiger partial charge in [-0.05, 0) is 26.0 Å². The number of rotatable bonds is 4. The van der Waals surface area contributed by atoms with Crippen molar-refractivity contribution in [3.05, 3.63) is 41.0 Å². The molecule has 0 aliphatic rings. The van der Waals surface area contributed by atoms with Crippen LogP contribution in [0, 0.1) is 13.8 Å². The second kappa shape index (κ2) is 5.21. The third-order valence-corrected chi connectivity index (χ3v) is 3.71. The summed E-state index contributed by atoms with van der Waals surface area (Å²) in [5.74, 6) is 2.44. The van der Waals surface area contributed by atoms with Crippen molar-refractivity contribution in [3.63, 3.8) is 0 Å². The Hall–Kier alpha value is -2.34. The normalized spacial score (nSPS) is 11.2. The van der Waals surface area contributed by atoms with Gasteiger partial charge in [-0.3, -0.25) is 0 Å². The molecule has 0 unspecified atom stereocenters. The minimum atomic E-state index is 0.375. The number of fused-ring (bicyclic) bond motifs is 1. The Balaban J connectivity index is 2.12. The molecule has 2 aromatic heterocycles. The number of ether oxygens (including phenoxy) is 1. The van der Waals surface area contributed by atoms with Gasteiger partial charge in [-0.1, -0.05) is 5.16 Å². The second-order valence-corrected chi connectivity index (χ2v) is 4.98. The maximum absolute atomic E-state index is 5.84. The van der Waals surface area contributed by atoms with Gasteiger partial charge in [-0.25, -0.2) is 4.98 Å². The zero-order valence-corrected chi connectivity index (χ0v) is 12.4. The Morgan fingerprint density at radius 3 is 2.76 bits per heavy atom. The summed E-state index contributed by atoms with van der Waals surface area (Å²) in [7, 11) is 1.64. The van der Waals surface area contributed by atoms with Crippen LogP contribution in [0.5, 0.6) is 5.75 Å². The van der Waals surface area contributed by atoms with Crippen molar-refractivity contribution in [2.75, 3.05) is 7.11 Å². The fraction of sp³-hybridized carbons (Fsp3) is 0.333. The van der Waals surface area contributed by atoms with E-state index in [0.29, 0.717) is 13.1 Å². The molecule has 0 saturated heterocycles. The van der Waals surface area contributed by atoms with E-state index in [9.17, 15) is 0 Å². The largest absolute Gasteiger partial charge is 0.497 e. The summed E-state index contributed by atoms with van der Waals surface area (Å²) in [5, 5.41) is 4.00. The number of aromatic nitrogens is 3. The van der Waals surface area contributed by atoms with E-state index in [1.165, 1.54) is 0 Å². The number of aryl methyl sites for hydroxylation is 2. The monoisotopic (exact) mass is 286 g/mol. The molecule has 0 bridgehead atoms. The van der Waals surface area contributed by atoms with Gasteiger partial charge >= 0.3 is 0 Å². The van der Waals surface area contributed by atoms with Gasteiger partial charge in [0, 0.05) is 11.6 Å². The van der Waals surface area contributed by atoms with E-state index in [-0.39, 0.29) is 0 Å². The highest BCUT2D eigenvalue weighted by atomic mass is 16.5. The molecule has 0 atom stereocenters. The minimum absolute atomic E-state index is 0.375. The fourth-order valence-corrected chi connectivity index (χ4v) is 2.50. The molecule has 0 radical (unpaired) electrons. The summed E-state index contributed by atoms with van der Waals surface area (Å²) < 4.78 is 12.6. The maximum Gasteiger partial charge on any atom is 0.138 e. The third-order valence-electron chi connectivity index (χ3n) is 3.71. The highest BCUT2D eigenvalue weighted by Gasteiger charge is 2.15. The predicted octanol–water partition coefficient (Wildman–Crippen LogP) is 2.16. The molecule has 0 amide bonds. The molecular weight excluding hydrogens is 268 g/mol. The van der Waals surface area contributed by atoms with Crippen molar-refractivity contribution in [1.29, 1.82) is 0 Å². The third kappa shape index (κ3) is 2.27. The number of benzene rings is 1. The van der Waals surface area contributed by atoms with Crippen molar-refractivity contribution in [2.24, 2.45) is 5.73 Å². The summed E-state index contributed by atoms with van der Waals surface area (Å²) in [5.41, 5.74) is 9.70. The van der Waals surface area contributed by atoms with Crippen LogP contribution >= 0.6 is 0 Å². The predicted molar refractivity (Wildman–Crippen MR) is 79.3 cm³/mol. The van der Waals surface area contributed by atoms with Crippen LogP contribution in [-0.4, -0.2) is 21.8 Å². The van der Waals surface area contributed by atoms with E-state index in [1.54, 1.807) is 7.11 Å². The van der Waals surface area contributed by atoms with Crippen LogP contribution < -0.4 is 10.5 Å². The Morgan fingerprint density at radius 2 is 2.14 bits per heavy atom. The first kappa shape index (κ1) is 13.6. The molecule has 110 valence electrons. The number of nitrogens with zero attached hydrogens (tertiary/aromatic N) is 3. The van der Waals surface area contributed by atoms with Crippen LogP contribution in [0.1, 0.15) is 22.8 Å². The quantitative estimate of drug-likeness (QED) is 0.795. The van der Waals surface area contributed by atoms with Crippen LogP contribution in [0.2, 0.25) is 0 Å². The Labute approximate surface area is 122 Å². The topological polar surface area (TPSA) is 79.1 Å². The van der Waals surface area contributed by atoms with Crippen molar-refractivity contribution in [2.45, 2.75) is 26.9 Å². The first-order valence-corrected chi connectivity index (χ1v) is 6.79. The summed E-state index contributed by atoms with van der Waals surface area (Å²) in [6, 6.07) is 5.84. The number of hydrogen-bond donors (Lipinski definition) is 1. The van der Waals surface area contributed by atoms with Crippen LogP contribution in [-0.2, 0) is 13.1 Å². The molecule has 0 aliphatic heterocycles. The lowest BCUT2D eigenvalue weighted by Crippen LogP contribution is -2.10. The van der Waals surface area contributed by atoms with Gasteiger partial charge in [-0.2, -0.15) is 0 Å². The second-order valence-electron chi connectivity index (χ2n) is 4.98. The van der Waals surface area contributed by atoms with Crippen molar-refractivity contribution in [1.82, 2.24) is 14.7 Å². The van der Waals surface area contributed by atoms with Gasteiger partial charge in [-0.15, -0.1) is 0 Å². The van der Waals surface area contributed by atoms with Crippen LogP contribution in [0.4, 0.5) is 0 Å². The maximum atomic E-state index is 5.84. The van der Waals surface area contributed by atoms with Crippen molar-refractivity contribution >= 4 is 11.0 Å². The van der Waals surface area contributed by atoms with Gasteiger partial charge in [0.05, 0.1) is 36.9 Å². The Morgan fingerprint density at radius 1 is 1.33 bits per heavy atom. The standard InChI is InChI=1S/C15H18N4O2/c1-9-12(10(2)21-18-9)8-19-14-5-4-11(20-3)6-13(14)17-15(19)7-16/h4-6H,7-8,16H2,1-3H3. The van der Waals surface area contributed by atoms with Crippen LogP contribution in [0.25, 0.3) is 11.0 Å². The van der Waals surface area contributed by atoms with E-state index in [0.717, 1.165) is 39.6 Å². The van der Waals surface area contributed by atoms with Gasteiger partial charge in [0.1, 0.15) is 17.3 Å². The van der Waals surface area contributed by atoms with Gasteiger partial charge in [0.25, 0.3) is 0 Å². The lowest BCUT2D eigenvalue weighted by molar-refractivity contribution is 0.392. The summed E-state index contributed by atoms with van der Waals surface area (Å²) in [6.07, 6.45) is 0. The summed E-state index contributed by atoms with van der Waals surface area (Å²) in [6.45, 7) is 4.88. The molecule has 0 saturated carbocycles. The lowest BCUT2D eigenvalue weighted by atomic mass is 10.2. The molecule has 3 rings (SSSR count). The van der Waals surface area contributed by atoms with Crippen LogP contribution in [0.3, 0.4) is 0 Å². The lowest BCUT2D eigenvalue weighted by Gasteiger charge is -2.08. The van der Waals surface area contributed by atoms with Gasteiger partial charge in [0.2, 0.25) is 0 Å². The first-order chi connectivity index (χ1) is 10.1. The zero-order chi connectivity index (χ0) is 15.0. The number of methoxy groups -OCH3 is 1. The molecule has 2 heterocycles. The van der Waals surface area contributed by atoms with E-state index in [2.05, 4.69) is 14.7 Å². The van der Waals surface area contributed by atoms with Crippen molar-refractivity contribution in [3.8, 4) is 5.75 Å². The van der Waals surface area contributed by atoms with Crippen molar-refractivity contribution < 1.29 is 9.26 Å². The zero-order valence-electron chi connectivity index (χ0n) is 12.4. The van der Waals surface area contributed by atoms with E-state index in [4.69, 9.17) is 15.0 Å². The molecule has 0 fully saturated rings. The van der Waals surface area contributed by atoms with Gasteiger partial charge in [0.15, 0.2) is 0 Å². The average molecular weight is 286 g/mol. The summed E-state index contributed by atoms with van der Waals surface area (Å²) >= 11 is 0. The SMILES string of the molecule is COc1ccc2c(c1)nc(CN)n2Cc1c(C)noc1C. The fourth-order valence-electron chi connectivity index (χ4n) is 2.50. The Bertz CT molecular complexity index is 769. The molecular formula is C15H18N4O2. The molecule has 1 aromatic carbocycles.